The van der Waals surface area contributed by atoms with Gasteiger partial charge in [-0.2, -0.15) is 0 Å². The number of esters is 3. The summed E-state index contributed by atoms with van der Waals surface area (Å²) in [6, 6.07) is 0. The summed E-state index contributed by atoms with van der Waals surface area (Å²) in [7, 11) is 0. The standard InChI is InChI=1S/C62H112O6/c1-4-7-10-13-16-19-21-23-25-27-29-30-31-33-34-36-38-40-43-46-49-52-55-61(64)67-58-59(57-66-60(63)54-51-48-45-42-18-15-12-9-6-3)68-62(65)56-53-50-47-44-41-39-37-35-32-28-26-24-22-20-17-14-11-8-5-2/h8,11,17,20,24,26,32,35,59H,4-7,9-10,12-16,18-19,21-23,25,27-31,33-34,36-58H2,1-3H3/b11-8-,20-17-,26-24-,35-32-. The summed E-state index contributed by atoms with van der Waals surface area (Å²) in [5, 5.41) is 0. The average molecular weight is 954 g/mol. The Morgan fingerprint density at radius 2 is 0.574 bits per heavy atom. The second-order valence-corrected chi connectivity index (χ2v) is 19.9. The van der Waals surface area contributed by atoms with Crippen molar-refractivity contribution in [2.24, 2.45) is 0 Å². The van der Waals surface area contributed by atoms with Crippen LogP contribution in [0.3, 0.4) is 0 Å². The lowest BCUT2D eigenvalue weighted by atomic mass is 10.0. The molecular formula is C62H112O6. The van der Waals surface area contributed by atoms with Crippen LogP contribution in [0.2, 0.25) is 0 Å². The SMILES string of the molecule is CC/C=C\C/C=C\C/C=C\C/C=C\CCCCCCCCC(=O)OC(COC(=O)CCCCCCCCCCC)COC(=O)CCCCCCCCCCCCCCCCCCCCCCCC. The Hall–Kier alpha value is -2.63. The molecule has 0 amide bonds. The molecule has 6 heteroatoms. The first-order valence-corrected chi connectivity index (χ1v) is 29.6. The van der Waals surface area contributed by atoms with E-state index in [0.29, 0.717) is 19.3 Å². The van der Waals surface area contributed by atoms with Crippen molar-refractivity contribution in [2.75, 3.05) is 13.2 Å². The number of unbranched alkanes of at least 4 members (excludes halogenated alkanes) is 35. The van der Waals surface area contributed by atoms with Gasteiger partial charge >= 0.3 is 17.9 Å². The summed E-state index contributed by atoms with van der Waals surface area (Å²) >= 11 is 0. The smallest absolute Gasteiger partial charge is 0.306 e. The number of hydrogen-bond donors (Lipinski definition) is 0. The van der Waals surface area contributed by atoms with Crippen molar-refractivity contribution in [3.63, 3.8) is 0 Å². The second-order valence-electron chi connectivity index (χ2n) is 19.9. The molecule has 0 N–H and O–H groups in total. The van der Waals surface area contributed by atoms with E-state index in [9.17, 15) is 14.4 Å². The molecule has 0 spiro atoms. The zero-order valence-electron chi connectivity index (χ0n) is 45.4. The Morgan fingerprint density at radius 3 is 0.897 bits per heavy atom. The van der Waals surface area contributed by atoms with Crippen LogP contribution < -0.4 is 0 Å². The maximum Gasteiger partial charge on any atom is 0.306 e. The van der Waals surface area contributed by atoms with Gasteiger partial charge in [-0.15, -0.1) is 0 Å². The van der Waals surface area contributed by atoms with Crippen molar-refractivity contribution in [3.05, 3.63) is 48.6 Å². The molecule has 0 aliphatic heterocycles. The highest BCUT2D eigenvalue weighted by molar-refractivity contribution is 5.71. The maximum absolute atomic E-state index is 12.8. The lowest BCUT2D eigenvalue weighted by Gasteiger charge is -2.18. The number of carbonyl (C=O) groups excluding carboxylic acids is 3. The monoisotopic (exact) mass is 953 g/mol. The van der Waals surface area contributed by atoms with Crippen LogP contribution in [0.25, 0.3) is 0 Å². The number of rotatable bonds is 54. The lowest BCUT2D eigenvalue weighted by Crippen LogP contribution is -2.30. The maximum atomic E-state index is 12.8. The van der Waals surface area contributed by atoms with Crippen LogP contribution in [0.15, 0.2) is 48.6 Å². The van der Waals surface area contributed by atoms with Gasteiger partial charge in [0, 0.05) is 19.3 Å². The van der Waals surface area contributed by atoms with Crippen molar-refractivity contribution in [1.29, 1.82) is 0 Å². The van der Waals surface area contributed by atoms with Crippen molar-refractivity contribution in [1.82, 2.24) is 0 Å². The van der Waals surface area contributed by atoms with Crippen LogP contribution in [0, 0.1) is 0 Å². The summed E-state index contributed by atoms with van der Waals surface area (Å²) in [6.07, 6.45) is 69.8. The Kier molecular flexibility index (Phi) is 54.8. The minimum atomic E-state index is -0.776. The van der Waals surface area contributed by atoms with Crippen molar-refractivity contribution >= 4 is 17.9 Å². The number of allylic oxidation sites excluding steroid dienone is 8. The van der Waals surface area contributed by atoms with E-state index in [1.54, 1.807) is 0 Å². The Bertz CT molecular complexity index is 1190. The molecule has 0 rings (SSSR count). The van der Waals surface area contributed by atoms with Gasteiger partial charge in [0.1, 0.15) is 13.2 Å². The molecule has 0 saturated heterocycles. The quantitative estimate of drug-likeness (QED) is 0.0262. The van der Waals surface area contributed by atoms with Crippen molar-refractivity contribution in [2.45, 2.75) is 316 Å². The van der Waals surface area contributed by atoms with Gasteiger partial charge in [-0.25, -0.2) is 0 Å². The lowest BCUT2D eigenvalue weighted by molar-refractivity contribution is -0.167. The van der Waals surface area contributed by atoms with Crippen molar-refractivity contribution < 1.29 is 28.6 Å². The molecule has 6 nitrogen and oxygen atoms in total. The van der Waals surface area contributed by atoms with E-state index in [2.05, 4.69) is 69.4 Å². The molecule has 0 radical (unpaired) electrons. The van der Waals surface area contributed by atoms with E-state index < -0.39 is 6.10 Å². The highest BCUT2D eigenvalue weighted by Crippen LogP contribution is 2.17. The summed E-state index contributed by atoms with van der Waals surface area (Å²) < 4.78 is 16.8. The predicted molar refractivity (Wildman–Crippen MR) is 293 cm³/mol. The molecule has 396 valence electrons. The normalized spacial score (nSPS) is 12.3. The first kappa shape index (κ1) is 65.4. The molecule has 0 saturated carbocycles. The molecule has 0 aromatic carbocycles. The highest BCUT2D eigenvalue weighted by atomic mass is 16.6. The fourth-order valence-corrected chi connectivity index (χ4v) is 8.67. The van der Waals surface area contributed by atoms with Gasteiger partial charge in [-0.05, 0) is 57.8 Å². The number of ether oxygens (including phenoxy) is 3. The van der Waals surface area contributed by atoms with Gasteiger partial charge in [-0.3, -0.25) is 14.4 Å². The molecule has 0 fully saturated rings. The molecule has 0 aromatic heterocycles. The Labute approximate surface area is 422 Å². The van der Waals surface area contributed by atoms with Crippen molar-refractivity contribution in [3.8, 4) is 0 Å². The van der Waals surface area contributed by atoms with Gasteiger partial charge in [0.05, 0.1) is 0 Å². The fraction of sp³-hybridized carbons (Fsp3) is 0.823. The molecule has 68 heavy (non-hydrogen) atoms. The highest BCUT2D eigenvalue weighted by Gasteiger charge is 2.19. The molecule has 1 atom stereocenters. The fourth-order valence-electron chi connectivity index (χ4n) is 8.67. The molecule has 0 bridgehead atoms. The third-order valence-electron chi connectivity index (χ3n) is 13.1. The predicted octanol–water partition coefficient (Wildman–Crippen LogP) is 19.8. The van der Waals surface area contributed by atoms with Gasteiger partial charge in [0.15, 0.2) is 6.10 Å². The molecule has 1 unspecified atom stereocenters. The van der Waals surface area contributed by atoms with Gasteiger partial charge < -0.3 is 14.2 Å². The van der Waals surface area contributed by atoms with E-state index in [-0.39, 0.29) is 31.1 Å². The molecule has 0 aromatic rings. The largest absolute Gasteiger partial charge is 0.462 e. The van der Waals surface area contributed by atoms with Gasteiger partial charge in [0.2, 0.25) is 0 Å². The molecular weight excluding hydrogens is 841 g/mol. The minimum absolute atomic E-state index is 0.0749. The van der Waals surface area contributed by atoms with Gasteiger partial charge in [-0.1, -0.05) is 281 Å². The van der Waals surface area contributed by atoms with Crippen LogP contribution in [0.5, 0.6) is 0 Å². The van der Waals surface area contributed by atoms with E-state index in [0.717, 1.165) is 96.3 Å². The van der Waals surface area contributed by atoms with Crippen LogP contribution in [0.1, 0.15) is 310 Å². The topological polar surface area (TPSA) is 78.9 Å². The molecule has 0 aliphatic carbocycles. The third kappa shape index (κ3) is 54.3. The summed E-state index contributed by atoms with van der Waals surface area (Å²) in [6.45, 7) is 6.54. The Balaban J connectivity index is 4.23. The third-order valence-corrected chi connectivity index (χ3v) is 13.1. The molecule has 0 aliphatic rings. The average Bonchev–Trinajstić information content (AvgIpc) is 3.34. The van der Waals surface area contributed by atoms with E-state index in [4.69, 9.17) is 14.2 Å². The van der Waals surface area contributed by atoms with Crippen LogP contribution in [0.4, 0.5) is 0 Å². The van der Waals surface area contributed by atoms with Crippen LogP contribution in [-0.2, 0) is 28.6 Å². The van der Waals surface area contributed by atoms with Crippen LogP contribution >= 0.6 is 0 Å². The van der Waals surface area contributed by atoms with Crippen LogP contribution in [-0.4, -0.2) is 37.2 Å². The molecule has 0 heterocycles. The van der Waals surface area contributed by atoms with Gasteiger partial charge in [0.25, 0.3) is 0 Å². The Morgan fingerprint density at radius 1 is 0.309 bits per heavy atom. The zero-order chi connectivity index (χ0) is 49.3. The summed E-state index contributed by atoms with van der Waals surface area (Å²) in [4.78, 5) is 38.1. The van der Waals surface area contributed by atoms with E-state index >= 15 is 0 Å². The first-order chi connectivity index (χ1) is 33.5. The number of hydrogen-bond acceptors (Lipinski definition) is 6. The number of carbonyl (C=O) groups is 3. The summed E-state index contributed by atoms with van der Waals surface area (Å²) in [5.41, 5.74) is 0. The van der Waals surface area contributed by atoms with E-state index in [1.807, 2.05) is 0 Å². The summed E-state index contributed by atoms with van der Waals surface area (Å²) in [5.74, 6) is -0.876. The minimum Gasteiger partial charge on any atom is -0.462 e. The second kappa shape index (κ2) is 57.0. The zero-order valence-corrected chi connectivity index (χ0v) is 45.4. The first-order valence-electron chi connectivity index (χ1n) is 29.6. The van der Waals surface area contributed by atoms with E-state index in [1.165, 1.54) is 173 Å².